The summed E-state index contributed by atoms with van der Waals surface area (Å²) in [5, 5.41) is 2.04. The van der Waals surface area contributed by atoms with Crippen LogP contribution in [0, 0.1) is 12.8 Å². The fraction of sp³-hybridized carbons (Fsp3) is 0.429. The number of nitrogens with two attached hydrogens (primary N) is 1. The number of imidazole rings is 1. The van der Waals surface area contributed by atoms with Crippen LogP contribution in [0.3, 0.4) is 0 Å². The molecule has 2 aromatic heterocycles. The van der Waals surface area contributed by atoms with Gasteiger partial charge in [0.05, 0.1) is 13.2 Å². The number of aryl methyl sites for hydroxylation is 1. The zero-order valence-electron chi connectivity index (χ0n) is 12.1. The molecule has 0 amide bonds. The highest BCUT2D eigenvalue weighted by Crippen LogP contribution is 2.34. The SMILES string of the molecule is COC(=O)c1nc(C)n(C(c2cccs2)C(C)C)c1N. The van der Waals surface area contributed by atoms with E-state index in [2.05, 4.69) is 24.9 Å². The minimum absolute atomic E-state index is 0.0703. The number of hydrogen-bond acceptors (Lipinski definition) is 5. The number of nitrogen functional groups attached to an aromatic ring is 1. The molecule has 6 heteroatoms. The van der Waals surface area contributed by atoms with Crippen molar-refractivity contribution >= 4 is 23.1 Å². The van der Waals surface area contributed by atoms with Crippen LogP contribution in [0.4, 0.5) is 5.82 Å². The molecule has 0 spiro atoms. The number of thiophene rings is 1. The van der Waals surface area contributed by atoms with Crippen molar-refractivity contribution in [2.24, 2.45) is 5.92 Å². The van der Waals surface area contributed by atoms with Crippen LogP contribution in [0.25, 0.3) is 0 Å². The number of carbonyl (C=O) groups excluding carboxylic acids is 1. The average Bonchev–Trinajstić information content (AvgIpc) is 3.01. The summed E-state index contributed by atoms with van der Waals surface area (Å²) in [6.45, 7) is 6.11. The molecule has 0 saturated heterocycles. The fourth-order valence-corrected chi connectivity index (χ4v) is 3.36. The van der Waals surface area contributed by atoms with Gasteiger partial charge in [0, 0.05) is 4.88 Å². The lowest BCUT2D eigenvalue weighted by atomic mass is 10.0. The van der Waals surface area contributed by atoms with E-state index in [1.54, 1.807) is 11.3 Å². The van der Waals surface area contributed by atoms with E-state index >= 15 is 0 Å². The normalized spacial score (nSPS) is 12.7. The van der Waals surface area contributed by atoms with Crippen LogP contribution >= 0.6 is 11.3 Å². The third-order valence-electron chi connectivity index (χ3n) is 3.25. The lowest BCUT2D eigenvalue weighted by Gasteiger charge is -2.24. The highest BCUT2D eigenvalue weighted by atomic mass is 32.1. The van der Waals surface area contributed by atoms with E-state index in [0.29, 0.717) is 11.7 Å². The molecule has 0 aliphatic carbocycles. The molecule has 1 unspecified atom stereocenters. The Labute approximate surface area is 122 Å². The summed E-state index contributed by atoms with van der Waals surface area (Å²) in [6, 6.07) is 4.16. The van der Waals surface area contributed by atoms with E-state index in [1.807, 2.05) is 22.9 Å². The van der Waals surface area contributed by atoms with Crippen LogP contribution in [-0.2, 0) is 4.74 Å². The molecule has 108 valence electrons. The van der Waals surface area contributed by atoms with Crippen molar-refractivity contribution in [3.8, 4) is 0 Å². The van der Waals surface area contributed by atoms with Gasteiger partial charge in [-0.15, -0.1) is 11.3 Å². The number of esters is 1. The van der Waals surface area contributed by atoms with E-state index in [9.17, 15) is 4.79 Å². The van der Waals surface area contributed by atoms with Crippen LogP contribution in [0.1, 0.15) is 41.1 Å². The first-order valence-corrected chi connectivity index (χ1v) is 7.31. The maximum Gasteiger partial charge on any atom is 0.360 e. The number of nitrogens with zero attached hydrogens (tertiary/aromatic N) is 2. The Balaban J connectivity index is 2.55. The van der Waals surface area contributed by atoms with Crippen molar-refractivity contribution in [3.63, 3.8) is 0 Å². The Bertz CT molecular complexity index is 602. The van der Waals surface area contributed by atoms with E-state index < -0.39 is 5.97 Å². The lowest BCUT2D eigenvalue weighted by molar-refractivity contribution is 0.0595. The number of methoxy groups -OCH3 is 1. The molecular weight excluding hydrogens is 274 g/mol. The number of ether oxygens (including phenoxy) is 1. The van der Waals surface area contributed by atoms with Gasteiger partial charge in [-0.3, -0.25) is 0 Å². The first kappa shape index (κ1) is 14.6. The zero-order valence-corrected chi connectivity index (χ0v) is 12.9. The minimum Gasteiger partial charge on any atom is -0.464 e. The predicted octanol–water partition coefficient (Wildman–Crippen LogP) is 2.87. The third-order valence-corrected chi connectivity index (χ3v) is 4.19. The van der Waals surface area contributed by atoms with Crippen molar-refractivity contribution in [3.05, 3.63) is 33.9 Å². The number of rotatable bonds is 4. The largest absolute Gasteiger partial charge is 0.464 e. The summed E-state index contributed by atoms with van der Waals surface area (Å²) in [6.07, 6.45) is 0. The number of aromatic nitrogens is 2. The Morgan fingerprint density at radius 2 is 2.20 bits per heavy atom. The Morgan fingerprint density at radius 1 is 1.50 bits per heavy atom. The third kappa shape index (κ3) is 2.43. The maximum absolute atomic E-state index is 11.7. The molecule has 2 N–H and O–H groups in total. The van der Waals surface area contributed by atoms with E-state index in [0.717, 1.165) is 5.82 Å². The second-order valence-corrected chi connectivity index (χ2v) is 5.94. The molecule has 0 radical (unpaired) electrons. The van der Waals surface area contributed by atoms with Gasteiger partial charge in [0.15, 0.2) is 5.69 Å². The van der Waals surface area contributed by atoms with Crippen molar-refractivity contribution in [2.75, 3.05) is 12.8 Å². The van der Waals surface area contributed by atoms with Gasteiger partial charge in [-0.25, -0.2) is 9.78 Å². The first-order chi connectivity index (χ1) is 9.47. The van der Waals surface area contributed by atoms with E-state index in [1.165, 1.54) is 12.0 Å². The van der Waals surface area contributed by atoms with Gasteiger partial charge >= 0.3 is 5.97 Å². The van der Waals surface area contributed by atoms with Gasteiger partial charge in [0.2, 0.25) is 0 Å². The summed E-state index contributed by atoms with van der Waals surface area (Å²) in [7, 11) is 1.33. The second kappa shape index (κ2) is 5.66. The van der Waals surface area contributed by atoms with Crippen molar-refractivity contribution < 1.29 is 9.53 Å². The number of hydrogen-bond donors (Lipinski definition) is 1. The molecule has 0 aliphatic heterocycles. The van der Waals surface area contributed by atoms with Gasteiger partial charge in [-0.2, -0.15) is 0 Å². The molecule has 0 bridgehead atoms. The lowest BCUT2D eigenvalue weighted by Crippen LogP contribution is -2.19. The standard InChI is InChI=1S/C14H19N3O2S/c1-8(2)12(10-6-5-7-20-10)17-9(3)16-11(13(17)15)14(18)19-4/h5-8,12H,15H2,1-4H3. The average molecular weight is 293 g/mol. The summed E-state index contributed by atoms with van der Waals surface area (Å²) < 4.78 is 6.64. The fourth-order valence-electron chi connectivity index (χ4n) is 2.37. The second-order valence-electron chi connectivity index (χ2n) is 4.96. The molecular formula is C14H19N3O2S. The molecule has 0 saturated carbocycles. The molecule has 0 aromatic carbocycles. The molecule has 2 aromatic rings. The first-order valence-electron chi connectivity index (χ1n) is 6.43. The quantitative estimate of drug-likeness (QED) is 0.880. The van der Waals surface area contributed by atoms with Crippen LogP contribution in [0.5, 0.6) is 0 Å². The van der Waals surface area contributed by atoms with Gasteiger partial charge in [-0.1, -0.05) is 19.9 Å². The maximum atomic E-state index is 11.7. The Hall–Kier alpha value is -1.82. The van der Waals surface area contributed by atoms with Crippen molar-refractivity contribution in [1.29, 1.82) is 0 Å². The number of carbonyl (C=O) groups is 1. The Morgan fingerprint density at radius 3 is 2.70 bits per heavy atom. The molecule has 0 fully saturated rings. The van der Waals surface area contributed by atoms with Crippen molar-refractivity contribution in [2.45, 2.75) is 26.8 Å². The topological polar surface area (TPSA) is 70.1 Å². The molecule has 0 aliphatic rings. The van der Waals surface area contributed by atoms with Gasteiger partial charge in [0.25, 0.3) is 0 Å². The summed E-state index contributed by atoms with van der Waals surface area (Å²) in [5.74, 6) is 0.906. The van der Waals surface area contributed by atoms with Crippen LogP contribution in [-0.4, -0.2) is 22.6 Å². The smallest absolute Gasteiger partial charge is 0.360 e. The number of anilines is 1. The highest BCUT2D eigenvalue weighted by Gasteiger charge is 2.27. The molecule has 20 heavy (non-hydrogen) atoms. The molecule has 2 heterocycles. The molecule has 5 nitrogen and oxygen atoms in total. The van der Waals surface area contributed by atoms with Gasteiger partial charge < -0.3 is 15.0 Å². The predicted molar refractivity (Wildman–Crippen MR) is 80.0 cm³/mol. The Kier molecular flexibility index (Phi) is 4.13. The monoisotopic (exact) mass is 293 g/mol. The van der Waals surface area contributed by atoms with Gasteiger partial charge in [-0.05, 0) is 24.3 Å². The summed E-state index contributed by atoms with van der Waals surface area (Å²) in [5.41, 5.74) is 6.32. The summed E-state index contributed by atoms with van der Waals surface area (Å²) >= 11 is 1.67. The highest BCUT2D eigenvalue weighted by molar-refractivity contribution is 7.10. The minimum atomic E-state index is -0.502. The zero-order chi connectivity index (χ0) is 14.9. The van der Waals surface area contributed by atoms with E-state index in [4.69, 9.17) is 10.5 Å². The molecule has 2 rings (SSSR count). The molecule has 1 atom stereocenters. The van der Waals surface area contributed by atoms with Crippen LogP contribution in [0.15, 0.2) is 17.5 Å². The summed E-state index contributed by atoms with van der Waals surface area (Å²) in [4.78, 5) is 17.2. The van der Waals surface area contributed by atoms with Crippen molar-refractivity contribution in [1.82, 2.24) is 9.55 Å². The van der Waals surface area contributed by atoms with Gasteiger partial charge in [0.1, 0.15) is 11.6 Å². The van der Waals surface area contributed by atoms with E-state index in [-0.39, 0.29) is 11.7 Å². The van der Waals surface area contributed by atoms with Crippen LogP contribution < -0.4 is 5.73 Å². The van der Waals surface area contributed by atoms with Crippen LogP contribution in [0.2, 0.25) is 0 Å².